The van der Waals surface area contributed by atoms with Crippen LogP contribution in [0.5, 0.6) is 0 Å². The van der Waals surface area contributed by atoms with Crippen LogP contribution in [0.1, 0.15) is 71.6 Å². The first-order chi connectivity index (χ1) is 11.7. The summed E-state index contributed by atoms with van der Waals surface area (Å²) >= 11 is 0. The third-order valence-electron chi connectivity index (χ3n) is 4.99. The maximum absolute atomic E-state index is 11.3. The van der Waals surface area contributed by atoms with Crippen molar-refractivity contribution in [3.63, 3.8) is 0 Å². The van der Waals surface area contributed by atoms with Crippen molar-refractivity contribution in [2.24, 2.45) is 17.0 Å². The van der Waals surface area contributed by atoms with Gasteiger partial charge in [0.05, 0.1) is 5.70 Å². The summed E-state index contributed by atoms with van der Waals surface area (Å²) in [4.78, 5) is 16.5. The van der Waals surface area contributed by atoms with Gasteiger partial charge in [0.1, 0.15) is 5.76 Å². The Morgan fingerprint density at radius 2 is 1.83 bits per heavy atom. The van der Waals surface area contributed by atoms with E-state index in [0.717, 1.165) is 43.4 Å². The molecule has 0 amide bonds. The monoisotopic (exact) mass is 330 g/mol. The van der Waals surface area contributed by atoms with Crippen LogP contribution in [0.25, 0.3) is 0 Å². The molecule has 0 radical (unpaired) electrons. The Labute approximate surface area is 145 Å². The third-order valence-corrected chi connectivity index (χ3v) is 4.99. The predicted molar refractivity (Wildman–Crippen MR) is 98.7 cm³/mol. The number of rotatable bonds is 9. The molecular weight excluding hydrogens is 300 g/mol. The predicted octanol–water partition coefficient (Wildman–Crippen LogP) is 5.83. The molecule has 24 heavy (non-hydrogen) atoms. The minimum absolute atomic E-state index is 0.0245. The molecule has 4 nitrogen and oxygen atoms in total. The Hall–Kier alpha value is -1.68. The molecule has 0 saturated heterocycles. The Morgan fingerprint density at radius 3 is 2.46 bits per heavy atom. The van der Waals surface area contributed by atoms with Crippen LogP contribution in [0, 0.1) is 10.8 Å². The maximum Gasteiger partial charge on any atom is 0.131 e. The first kappa shape index (κ1) is 18.7. The molecule has 1 unspecified atom stereocenters. The van der Waals surface area contributed by atoms with E-state index in [1.165, 1.54) is 36.8 Å². The lowest BCUT2D eigenvalue weighted by Gasteiger charge is -2.28. The third kappa shape index (κ3) is 4.67. The SMILES string of the molecule is CCCCC1=CC(C2CC(CCCC)=CC=C2ON)=C(N=O)CC1. The zero-order chi connectivity index (χ0) is 17.4. The van der Waals surface area contributed by atoms with Crippen LogP contribution < -0.4 is 5.90 Å². The molecule has 0 heterocycles. The molecule has 2 aliphatic carbocycles. The van der Waals surface area contributed by atoms with E-state index in [-0.39, 0.29) is 5.92 Å². The number of nitrogens with two attached hydrogens (primary N) is 1. The lowest BCUT2D eigenvalue weighted by atomic mass is 9.80. The van der Waals surface area contributed by atoms with Crippen LogP contribution in [0.15, 0.2) is 51.6 Å². The van der Waals surface area contributed by atoms with Crippen molar-refractivity contribution in [3.05, 3.63) is 51.3 Å². The van der Waals surface area contributed by atoms with Crippen molar-refractivity contribution in [2.75, 3.05) is 0 Å². The van der Waals surface area contributed by atoms with E-state index >= 15 is 0 Å². The quantitative estimate of drug-likeness (QED) is 0.427. The molecule has 0 aromatic heterocycles. The molecular formula is C20H30N2O2. The first-order valence-corrected chi connectivity index (χ1v) is 9.25. The summed E-state index contributed by atoms with van der Waals surface area (Å²) in [6, 6.07) is 0. The summed E-state index contributed by atoms with van der Waals surface area (Å²) in [7, 11) is 0. The van der Waals surface area contributed by atoms with Crippen LogP contribution in [0.2, 0.25) is 0 Å². The number of nitrogens with zero attached hydrogens (tertiary/aromatic N) is 1. The number of hydrogen-bond acceptors (Lipinski definition) is 4. The van der Waals surface area contributed by atoms with E-state index in [0.29, 0.717) is 5.70 Å². The molecule has 0 spiro atoms. The number of unbranched alkanes of at least 4 members (excludes halogenated alkanes) is 2. The topological polar surface area (TPSA) is 64.7 Å². The van der Waals surface area contributed by atoms with Gasteiger partial charge in [0, 0.05) is 5.92 Å². The standard InChI is InChI=1S/C20H30N2O2/c1-3-5-7-15-9-11-19(22-23)17(13-15)18-14-16(8-6-4-2)10-12-20(18)24-21/h10,12-13,18H,3-9,11,14,21H2,1-2H3. The van der Waals surface area contributed by atoms with E-state index < -0.39 is 0 Å². The van der Waals surface area contributed by atoms with E-state index in [1.54, 1.807) is 0 Å². The second-order valence-electron chi connectivity index (χ2n) is 6.77. The molecule has 2 N–H and O–H groups in total. The molecule has 0 bridgehead atoms. The average Bonchev–Trinajstić information content (AvgIpc) is 2.64. The Bertz CT molecular complexity index is 570. The molecule has 0 aromatic carbocycles. The van der Waals surface area contributed by atoms with Gasteiger partial charge in [-0.3, -0.25) is 0 Å². The van der Waals surface area contributed by atoms with Gasteiger partial charge in [-0.1, -0.05) is 50.0 Å². The van der Waals surface area contributed by atoms with Gasteiger partial charge in [0.15, 0.2) is 0 Å². The first-order valence-electron chi connectivity index (χ1n) is 9.25. The lowest BCUT2D eigenvalue weighted by Crippen LogP contribution is -2.18. The van der Waals surface area contributed by atoms with Crippen LogP contribution in [-0.2, 0) is 4.84 Å². The molecule has 1 atom stereocenters. The molecule has 2 aliphatic rings. The number of allylic oxidation sites excluding steroid dienone is 7. The van der Waals surface area contributed by atoms with Crippen LogP contribution in [-0.4, -0.2) is 0 Å². The highest BCUT2D eigenvalue weighted by molar-refractivity contribution is 5.41. The van der Waals surface area contributed by atoms with E-state index in [4.69, 9.17) is 10.7 Å². The van der Waals surface area contributed by atoms with Gasteiger partial charge in [-0.2, -0.15) is 5.90 Å². The number of nitroso groups, excluding NO2 is 1. The Kier molecular flexibility index (Phi) is 7.44. The van der Waals surface area contributed by atoms with Crippen molar-refractivity contribution >= 4 is 0 Å². The summed E-state index contributed by atoms with van der Waals surface area (Å²) in [5.41, 5.74) is 4.50. The second-order valence-corrected chi connectivity index (χ2v) is 6.77. The summed E-state index contributed by atoms with van der Waals surface area (Å²) in [5.74, 6) is 6.26. The van der Waals surface area contributed by atoms with Crippen molar-refractivity contribution in [2.45, 2.75) is 71.6 Å². The van der Waals surface area contributed by atoms with E-state index in [1.807, 2.05) is 6.08 Å². The second kappa shape index (κ2) is 9.58. The Morgan fingerprint density at radius 1 is 1.12 bits per heavy atom. The highest BCUT2D eigenvalue weighted by Gasteiger charge is 2.28. The summed E-state index contributed by atoms with van der Waals surface area (Å²) < 4.78 is 0. The molecule has 2 rings (SSSR count). The zero-order valence-corrected chi connectivity index (χ0v) is 15.0. The Balaban J connectivity index is 2.26. The van der Waals surface area contributed by atoms with Gasteiger partial charge in [-0.15, -0.1) is 4.91 Å². The minimum atomic E-state index is 0.0245. The van der Waals surface area contributed by atoms with Gasteiger partial charge < -0.3 is 4.84 Å². The smallest absolute Gasteiger partial charge is 0.131 e. The van der Waals surface area contributed by atoms with E-state index in [2.05, 4.69) is 31.2 Å². The summed E-state index contributed by atoms with van der Waals surface area (Å²) in [6.07, 6.45) is 15.7. The molecule has 132 valence electrons. The van der Waals surface area contributed by atoms with Crippen LogP contribution in [0.3, 0.4) is 0 Å². The van der Waals surface area contributed by atoms with Gasteiger partial charge in [0.25, 0.3) is 0 Å². The summed E-state index contributed by atoms with van der Waals surface area (Å²) in [6.45, 7) is 4.40. The van der Waals surface area contributed by atoms with Crippen LogP contribution in [0.4, 0.5) is 0 Å². The molecule has 0 aromatic rings. The van der Waals surface area contributed by atoms with Gasteiger partial charge >= 0.3 is 0 Å². The molecule has 0 saturated carbocycles. The average molecular weight is 330 g/mol. The molecule has 0 fully saturated rings. The number of hydrogen-bond donors (Lipinski definition) is 1. The van der Waals surface area contributed by atoms with Gasteiger partial charge in [0.2, 0.25) is 0 Å². The fraction of sp³-hybridized carbons (Fsp3) is 0.600. The highest BCUT2D eigenvalue weighted by Crippen LogP contribution is 2.40. The van der Waals surface area contributed by atoms with Crippen molar-refractivity contribution in [3.8, 4) is 0 Å². The van der Waals surface area contributed by atoms with Gasteiger partial charge in [-0.25, -0.2) is 0 Å². The normalized spacial score (nSPS) is 21.1. The maximum atomic E-state index is 11.3. The van der Waals surface area contributed by atoms with Crippen molar-refractivity contribution in [1.29, 1.82) is 0 Å². The van der Waals surface area contributed by atoms with Crippen molar-refractivity contribution < 1.29 is 4.84 Å². The fourth-order valence-corrected chi connectivity index (χ4v) is 3.52. The largest absolute Gasteiger partial charge is 0.415 e. The minimum Gasteiger partial charge on any atom is -0.415 e. The van der Waals surface area contributed by atoms with Crippen molar-refractivity contribution in [1.82, 2.24) is 0 Å². The molecule has 4 heteroatoms. The highest BCUT2D eigenvalue weighted by atomic mass is 16.6. The molecule has 0 aliphatic heterocycles. The van der Waals surface area contributed by atoms with E-state index in [9.17, 15) is 4.91 Å². The zero-order valence-electron chi connectivity index (χ0n) is 15.0. The van der Waals surface area contributed by atoms with Crippen LogP contribution >= 0.6 is 0 Å². The van der Waals surface area contributed by atoms with Gasteiger partial charge in [-0.05, 0) is 61.8 Å². The lowest BCUT2D eigenvalue weighted by molar-refractivity contribution is 0.189. The fourth-order valence-electron chi connectivity index (χ4n) is 3.52. The summed E-state index contributed by atoms with van der Waals surface area (Å²) in [5, 5.41) is 3.32.